The number of aromatic nitrogens is 2. The average molecular weight is 441 g/mol. The zero-order chi connectivity index (χ0) is 19.7. The second-order valence-electron chi connectivity index (χ2n) is 7.34. The molecule has 0 spiro atoms. The Kier molecular flexibility index (Phi) is 5.42. The van der Waals surface area contributed by atoms with Gasteiger partial charge in [-0.3, -0.25) is 14.4 Å². The van der Waals surface area contributed by atoms with Crippen LogP contribution in [0.2, 0.25) is 0 Å². The summed E-state index contributed by atoms with van der Waals surface area (Å²) >= 11 is 3.54. The fraction of sp³-hybridized carbons (Fsp3) is 0.318. The maximum Gasteiger partial charge on any atom is 0.286 e. The van der Waals surface area contributed by atoms with Gasteiger partial charge in [-0.15, -0.1) is 0 Å². The molecule has 28 heavy (non-hydrogen) atoms. The van der Waals surface area contributed by atoms with Crippen molar-refractivity contribution in [3.8, 4) is 5.69 Å². The first-order valence-corrected chi connectivity index (χ1v) is 10.4. The van der Waals surface area contributed by atoms with Crippen LogP contribution in [-0.4, -0.2) is 40.4 Å². The first kappa shape index (κ1) is 19.0. The van der Waals surface area contributed by atoms with E-state index in [0.29, 0.717) is 4.47 Å². The molecule has 1 fully saturated rings. The van der Waals surface area contributed by atoms with E-state index in [1.165, 1.54) is 11.3 Å². The number of anilines is 1. The summed E-state index contributed by atoms with van der Waals surface area (Å²) in [5.41, 5.74) is 4.45. The van der Waals surface area contributed by atoms with Crippen LogP contribution in [0.15, 0.2) is 63.9 Å². The Bertz CT molecular complexity index is 1000. The predicted molar refractivity (Wildman–Crippen MR) is 117 cm³/mol. The van der Waals surface area contributed by atoms with Gasteiger partial charge in [0.1, 0.15) is 4.47 Å². The van der Waals surface area contributed by atoms with Crippen molar-refractivity contribution < 1.29 is 0 Å². The summed E-state index contributed by atoms with van der Waals surface area (Å²) in [5.74, 6) is 0. The lowest BCUT2D eigenvalue weighted by Crippen LogP contribution is -2.46. The van der Waals surface area contributed by atoms with Gasteiger partial charge >= 0.3 is 0 Å². The summed E-state index contributed by atoms with van der Waals surface area (Å²) in [6.07, 6.45) is 0. The van der Waals surface area contributed by atoms with Crippen molar-refractivity contribution in [1.29, 1.82) is 0 Å². The van der Waals surface area contributed by atoms with E-state index in [4.69, 9.17) is 0 Å². The van der Waals surface area contributed by atoms with Crippen molar-refractivity contribution >= 4 is 21.6 Å². The highest BCUT2D eigenvalue weighted by atomic mass is 79.9. The summed E-state index contributed by atoms with van der Waals surface area (Å²) in [4.78, 5) is 17.6. The molecule has 1 aliphatic rings. The summed E-state index contributed by atoms with van der Waals surface area (Å²) in [7, 11) is 1.96. The van der Waals surface area contributed by atoms with E-state index in [-0.39, 0.29) is 5.56 Å². The molecule has 0 atom stereocenters. The average Bonchev–Trinajstić information content (AvgIpc) is 2.93. The highest BCUT2D eigenvalue weighted by molar-refractivity contribution is 9.10. The summed E-state index contributed by atoms with van der Waals surface area (Å²) in [5, 5.41) is 0. The lowest BCUT2D eigenvalue weighted by Gasteiger charge is -2.36. The van der Waals surface area contributed by atoms with Gasteiger partial charge in [0, 0.05) is 45.5 Å². The Balaban J connectivity index is 1.49. The van der Waals surface area contributed by atoms with Crippen LogP contribution >= 0.6 is 15.9 Å². The van der Waals surface area contributed by atoms with Gasteiger partial charge in [0.25, 0.3) is 5.56 Å². The van der Waals surface area contributed by atoms with Crippen LogP contribution in [0, 0.1) is 6.92 Å². The quantitative estimate of drug-likeness (QED) is 0.621. The molecule has 0 N–H and O–H groups in total. The van der Waals surface area contributed by atoms with Crippen LogP contribution in [0.1, 0.15) is 11.3 Å². The Morgan fingerprint density at radius 2 is 1.54 bits per heavy atom. The molecule has 0 unspecified atom stereocenters. The van der Waals surface area contributed by atoms with Gasteiger partial charge in [-0.25, -0.2) is 4.68 Å². The lowest BCUT2D eigenvalue weighted by molar-refractivity contribution is 0.242. The van der Waals surface area contributed by atoms with Crippen molar-refractivity contribution in [3.63, 3.8) is 0 Å². The third-order valence-corrected chi connectivity index (χ3v) is 6.27. The molecule has 0 bridgehead atoms. The fourth-order valence-corrected chi connectivity index (χ4v) is 4.33. The number of halogens is 1. The summed E-state index contributed by atoms with van der Waals surface area (Å²) in [6.45, 7) is 6.82. The Morgan fingerprint density at radius 1 is 0.893 bits per heavy atom. The van der Waals surface area contributed by atoms with Crippen LogP contribution in [0.3, 0.4) is 0 Å². The van der Waals surface area contributed by atoms with Gasteiger partial charge in [0.2, 0.25) is 0 Å². The maximum atomic E-state index is 12.8. The molecule has 2 heterocycles. The van der Waals surface area contributed by atoms with Crippen molar-refractivity contribution in [2.24, 2.45) is 7.05 Å². The second-order valence-corrected chi connectivity index (χ2v) is 8.13. The van der Waals surface area contributed by atoms with E-state index in [1.807, 2.05) is 42.1 Å². The van der Waals surface area contributed by atoms with Crippen LogP contribution in [-0.2, 0) is 13.6 Å². The number of piperazine rings is 1. The van der Waals surface area contributed by atoms with Crippen LogP contribution in [0.5, 0.6) is 0 Å². The third kappa shape index (κ3) is 3.66. The number of para-hydroxylation sites is 1. The van der Waals surface area contributed by atoms with E-state index < -0.39 is 0 Å². The number of rotatable bonds is 4. The smallest absolute Gasteiger partial charge is 0.286 e. The first-order chi connectivity index (χ1) is 13.5. The SMILES string of the molecule is Cc1ccc(N2CCN(Cc3c(Br)c(=O)n(-c4ccccc4)n3C)CC2)cc1. The summed E-state index contributed by atoms with van der Waals surface area (Å²) < 4.78 is 4.34. The Labute approximate surface area is 173 Å². The minimum atomic E-state index is -0.0120. The van der Waals surface area contributed by atoms with E-state index in [2.05, 4.69) is 56.9 Å². The molecule has 0 aliphatic carbocycles. The molecule has 4 rings (SSSR count). The van der Waals surface area contributed by atoms with Gasteiger partial charge in [-0.1, -0.05) is 35.9 Å². The van der Waals surface area contributed by atoms with E-state index in [1.54, 1.807) is 4.68 Å². The van der Waals surface area contributed by atoms with Crippen LogP contribution in [0.25, 0.3) is 5.69 Å². The highest BCUT2D eigenvalue weighted by Gasteiger charge is 2.22. The van der Waals surface area contributed by atoms with E-state index in [9.17, 15) is 4.79 Å². The topological polar surface area (TPSA) is 33.4 Å². The monoisotopic (exact) mass is 440 g/mol. The van der Waals surface area contributed by atoms with Crippen molar-refractivity contribution in [3.05, 3.63) is 80.7 Å². The zero-order valence-corrected chi connectivity index (χ0v) is 17.9. The fourth-order valence-electron chi connectivity index (χ4n) is 3.78. The molecule has 3 aromatic rings. The molecule has 2 aromatic carbocycles. The van der Waals surface area contributed by atoms with Gasteiger partial charge in [-0.2, -0.15) is 0 Å². The number of nitrogens with zero attached hydrogens (tertiary/aromatic N) is 4. The van der Waals surface area contributed by atoms with Gasteiger partial charge in [0.05, 0.1) is 11.4 Å². The number of benzene rings is 2. The molecular weight excluding hydrogens is 416 g/mol. The van der Waals surface area contributed by atoms with E-state index >= 15 is 0 Å². The Morgan fingerprint density at radius 3 is 2.18 bits per heavy atom. The minimum absolute atomic E-state index is 0.0120. The van der Waals surface area contributed by atoms with Crippen LogP contribution in [0.4, 0.5) is 5.69 Å². The van der Waals surface area contributed by atoms with Crippen molar-refractivity contribution in [2.45, 2.75) is 13.5 Å². The first-order valence-electron chi connectivity index (χ1n) is 9.60. The molecule has 5 nitrogen and oxygen atoms in total. The highest BCUT2D eigenvalue weighted by Crippen LogP contribution is 2.21. The predicted octanol–water partition coefficient (Wildman–Crippen LogP) is 3.57. The van der Waals surface area contributed by atoms with Crippen LogP contribution < -0.4 is 10.5 Å². The molecule has 0 radical (unpaired) electrons. The Hall–Kier alpha value is -2.31. The number of hydrogen-bond acceptors (Lipinski definition) is 3. The second kappa shape index (κ2) is 7.97. The van der Waals surface area contributed by atoms with Crippen molar-refractivity contribution in [2.75, 3.05) is 31.1 Å². The standard InChI is InChI=1S/C22H25BrN4O/c1-17-8-10-18(11-9-17)26-14-12-25(13-15-26)16-20-21(23)22(28)27(24(20)2)19-6-4-3-5-7-19/h3-11H,12-16H2,1-2H3. The molecule has 1 aromatic heterocycles. The normalized spacial score (nSPS) is 15.2. The summed E-state index contributed by atoms with van der Waals surface area (Å²) in [6, 6.07) is 18.5. The molecule has 1 saturated heterocycles. The molecule has 0 amide bonds. The molecule has 1 aliphatic heterocycles. The molecular formula is C22H25BrN4O. The van der Waals surface area contributed by atoms with Gasteiger partial charge in [-0.05, 0) is 47.1 Å². The van der Waals surface area contributed by atoms with E-state index in [0.717, 1.165) is 44.1 Å². The molecule has 146 valence electrons. The van der Waals surface area contributed by atoms with Gasteiger partial charge in [0.15, 0.2) is 0 Å². The lowest BCUT2D eigenvalue weighted by atomic mass is 10.2. The van der Waals surface area contributed by atoms with Gasteiger partial charge < -0.3 is 4.90 Å². The number of hydrogen-bond donors (Lipinski definition) is 0. The molecule has 6 heteroatoms. The maximum absolute atomic E-state index is 12.8. The van der Waals surface area contributed by atoms with Crippen molar-refractivity contribution in [1.82, 2.24) is 14.3 Å². The minimum Gasteiger partial charge on any atom is -0.369 e. The zero-order valence-electron chi connectivity index (χ0n) is 16.3. The third-order valence-electron chi connectivity index (χ3n) is 5.47. The largest absolute Gasteiger partial charge is 0.369 e. The number of aryl methyl sites for hydroxylation is 1. The molecule has 0 saturated carbocycles.